The van der Waals surface area contributed by atoms with Crippen molar-refractivity contribution in [3.05, 3.63) is 54.1 Å². The number of anilines is 1. The molecule has 1 N–H and O–H groups in total. The third-order valence-electron chi connectivity index (χ3n) is 5.26. The molecule has 2 heterocycles. The van der Waals surface area contributed by atoms with Crippen molar-refractivity contribution in [2.45, 2.75) is 6.54 Å². The average Bonchev–Trinajstić information content (AvgIpc) is 3.28. The van der Waals surface area contributed by atoms with Crippen LogP contribution in [0.2, 0.25) is 0 Å². The predicted molar refractivity (Wildman–Crippen MR) is 115 cm³/mol. The lowest BCUT2D eigenvalue weighted by atomic mass is 10.2. The molecule has 2 amide bonds. The molecule has 0 saturated carbocycles. The zero-order valence-corrected chi connectivity index (χ0v) is 17.9. The summed E-state index contributed by atoms with van der Waals surface area (Å²) in [7, 11) is 3.11. The highest BCUT2D eigenvalue weighted by atomic mass is 19.1. The summed E-state index contributed by atoms with van der Waals surface area (Å²) in [5, 5.41) is 14.8. The second kappa shape index (κ2) is 9.60. The van der Waals surface area contributed by atoms with Crippen molar-refractivity contribution in [2.75, 3.05) is 45.7 Å². The van der Waals surface area contributed by atoms with Gasteiger partial charge < -0.3 is 19.7 Å². The van der Waals surface area contributed by atoms with Crippen LogP contribution in [0.3, 0.4) is 0 Å². The van der Waals surface area contributed by atoms with Gasteiger partial charge in [0.25, 0.3) is 0 Å². The van der Waals surface area contributed by atoms with E-state index in [1.807, 2.05) is 0 Å². The lowest BCUT2D eigenvalue weighted by Gasteiger charge is -2.34. The van der Waals surface area contributed by atoms with E-state index in [4.69, 9.17) is 9.47 Å². The molecule has 1 aliphatic rings. The van der Waals surface area contributed by atoms with Gasteiger partial charge in [-0.3, -0.25) is 4.90 Å². The molecule has 0 radical (unpaired) electrons. The van der Waals surface area contributed by atoms with E-state index in [1.165, 1.54) is 12.1 Å². The van der Waals surface area contributed by atoms with E-state index in [2.05, 4.69) is 25.7 Å². The van der Waals surface area contributed by atoms with E-state index in [1.54, 1.807) is 54.1 Å². The highest BCUT2D eigenvalue weighted by Gasteiger charge is 2.23. The molecule has 4 rings (SSSR count). The SMILES string of the molecule is COc1ccc(NC(=O)N2CCN(Cc3nnnn3-c3ccc(F)cc3)CC2)cc1OC. The summed E-state index contributed by atoms with van der Waals surface area (Å²) < 4.78 is 25.3. The predicted octanol–water partition coefficient (Wildman–Crippen LogP) is 2.17. The summed E-state index contributed by atoms with van der Waals surface area (Å²) in [6.45, 7) is 3.01. The van der Waals surface area contributed by atoms with Crippen LogP contribution in [0.1, 0.15) is 5.82 Å². The zero-order chi connectivity index (χ0) is 22.5. The standard InChI is InChI=1S/C21H24FN7O3/c1-31-18-8-5-16(13-19(18)32-2)23-21(30)28-11-9-27(10-12-28)14-20-24-25-26-29(20)17-6-3-15(22)4-7-17/h3-8,13H,9-12,14H2,1-2H3,(H,23,30). The lowest BCUT2D eigenvalue weighted by molar-refractivity contribution is 0.140. The molecule has 11 heteroatoms. The van der Waals surface area contributed by atoms with E-state index in [0.29, 0.717) is 61.4 Å². The molecular formula is C21H24FN7O3. The van der Waals surface area contributed by atoms with Crippen LogP contribution in [-0.2, 0) is 6.54 Å². The van der Waals surface area contributed by atoms with Gasteiger partial charge >= 0.3 is 6.03 Å². The number of urea groups is 1. The number of aromatic nitrogens is 4. The van der Waals surface area contributed by atoms with Crippen molar-refractivity contribution in [3.8, 4) is 17.2 Å². The number of nitrogens with one attached hydrogen (secondary N) is 1. The zero-order valence-electron chi connectivity index (χ0n) is 17.9. The number of methoxy groups -OCH3 is 2. The summed E-state index contributed by atoms with van der Waals surface area (Å²) in [6, 6.07) is 11.1. The Hall–Kier alpha value is -3.73. The number of hydrogen-bond acceptors (Lipinski definition) is 7. The van der Waals surface area contributed by atoms with Crippen molar-refractivity contribution >= 4 is 11.7 Å². The topological polar surface area (TPSA) is 97.6 Å². The van der Waals surface area contributed by atoms with E-state index in [-0.39, 0.29) is 11.8 Å². The van der Waals surface area contributed by atoms with Gasteiger partial charge in [0, 0.05) is 37.9 Å². The Bertz CT molecular complexity index is 1070. The van der Waals surface area contributed by atoms with Crippen molar-refractivity contribution in [3.63, 3.8) is 0 Å². The Labute approximate surface area is 184 Å². The van der Waals surface area contributed by atoms with Crippen LogP contribution < -0.4 is 14.8 Å². The van der Waals surface area contributed by atoms with E-state index >= 15 is 0 Å². The monoisotopic (exact) mass is 441 g/mol. The number of ether oxygens (including phenoxy) is 2. The van der Waals surface area contributed by atoms with E-state index < -0.39 is 0 Å². The minimum Gasteiger partial charge on any atom is -0.493 e. The first-order valence-electron chi connectivity index (χ1n) is 10.1. The summed E-state index contributed by atoms with van der Waals surface area (Å²) in [5.41, 5.74) is 1.33. The molecule has 10 nitrogen and oxygen atoms in total. The maximum Gasteiger partial charge on any atom is 0.321 e. The number of rotatable bonds is 6. The summed E-state index contributed by atoms with van der Waals surface area (Å²) in [6.07, 6.45) is 0. The first kappa shape index (κ1) is 21.5. The molecule has 1 aromatic heterocycles. The first-order chi connectivity index (χ1) is 15.6. The number of piperazine rings is 1. The molecular weight excluding hydrogens is 417 g/mol. The Morgan fingerprint density at radius 3 is 2.44 bits per heavy atom. The number of benzene rings is 2. The number of nitrogens with zero attached hydrogens (tertiary/aromatic N) is 6. The molecule has 2 aromatic carbocycles. The number of carbonyl (C=O) groups excluding carboxylic acids is 1. The van der Waals surface area contributed by atoms with Gasteiger partial charge in [-0.15, -0.1) is 5.10 Å². The van der Waals surface area contributed by atoms with Crippen molar-refractivity contribution in [2.24, 2.45) is 0 Å². The van der Waals surface area contributed by atoms with Crippen molar-refractivity contribution in [1.29, 1.82) is 0 Å². The summed E-state index contributed by atoms with van der Waals surface area (Å²) >= 11 is 0. The van der Waals surface area contributed by atoms with Crippen LogP contribution in [0.4, 0.5) is 14.9 Å². The van der Waals surface area contributed by atoms with Crippen LogP contribution in [0.5, 0.6) is 11.5 Å². The number of hydrogen-bond donors (Lipinski definition) is 1. The van der Waals surface area contributed by atoms with Gasteiger partial charge in [0.1, 0.15) is 5.82 Å². The third kappa shape index (κ3) is 4.78. The highest BCUT2D eigenvalue weighted by molar-refractivity contribution is 5.89. The lowest BCUT2D eigenvalue weighted by Crippen LogP contribution is -2.49. The van der Waals surface area contributed by atoms with Gasteiger partial charge in [0.15, 0.2) is 17.3 Å². The van der Waals surface area contributed by atoms with Gasteiger partial charge in [0.2, 0.25) is 0 Å². The molecule has 168 valence electrons. The summed E-state index contributed by atoms with van der Waals surface area (Å²) in [5.74, 6) is 1.49. The molecule has 0 spiro atoms. The molecule has 0 unspecified atom stereocenters. The number of halogens is 1. The number of amides is 2. The fraction of sp³-hybridized carbons (Fsp3) is 0.333. The van der Waals surface area contributed by atoms with Gasteiger partial charge in [0.05, 0.1) is 26.5 Å². The fourth-order valence-electron chi connectivity index (χ4n) is 3.51. The largest absolute Gasteiger partial charge is 0.493 e. The van der Waals surface area contributed by atoms with Gasteiger partial charge in [-0.1, -0.05) is 0 Å². The van der Waals surface area contributed by atoms with Crippen molar-refractivity contribution < 1.29 is 18.7 Å². The minimum atomic E-state index is -0.314. The smallest absolute Gasteiger partial charge is 0.321 e. The molecule has 1 saturated heterocycles. The second-order valence-corrected chi connectivity index (χ2v) is 7.25. The molecule has 32 heavy (non-hydrogen) atoms. The van der Waals surface area contributed by atoms with Gasteiger partial charge in [-0.2, -0.15) is 4.68 Å². The first-order valence-corrected chi connectivity index (χ1v) is 10.1. The third-order valence-corrected chi connectivity index (χ3v) is 5.26. The molecule has 1 fully saturated rings. The fourth-order valence-corrected chi connectivity index (χ4v) is 3.51. The van der Waals surface area contributed by atoms with Crippen LogP contribution in [0, 0.1) is 5.82 Å². The van der Waals surface area contributed by atoms with Crippen LogP contribution in [0.25, 0.3) is 5.69 Å². The molecule has 0 atom stereocenters. The highest BCUT2D eigenvalue weighted by Crippen LogP contribution is 2.29. The molecule has 0 bridgehead atoms. The molecule has 1 aliphatic heterocycles. The number of carbonyl (C=O) groups is 1. The number of tetrazole rings is 1. The van der Waals surface area contributed by atoms with Gasteiger partial charge in [-0.25, -0.2) is 9.18 Å². The van der Waals surface area contributed by atoms with E-state index in [9.17, 15) is 9.18 Å². The van der Waals surface area contributed by atoms with Crippen LogP contribution in [-0.4, -0.2) is 76.4 Å². The summed E-state index contributed by atoms with van der Waals surface area (Å²) in [4.78, 5) is 16.6. The molecule has 0 aliphatic carbocycles. The normalized spacial score (nSPS) is 14.3. The Balaban J connectivity index is 1.33. The quantitative estimate of drug-likeness (QED) is 0.626. The van der Waals surface area contributed by atoms with Crippen molar-refractivity contribution in [1.82, 2.24) is 30.0 Å². The van der Waals surface area contributed by atoms with Crippen LogP contribution in [0.15, 0.2) is 42.5 Å². The second-order valence-electron chi connectivity index (χ2n) is 7.25. The molecule has 3 aromatic rings. The average molecular weight is 441 g/mol. The van der Waals surface area contributed by atoms with Gasteiger partial charge in [-0.05, 0) is 46.8 Å². The van der Waals surface area contributed by atoms with Crippen LogP contribution >= 0.6 is 0 Å². The maximum atomic E-state index is 13.2. The maximum absolute atomic E-state index is 13.2. The minimum absolute atomic E-state index is 0.173. The van der Waals surface area contributed by atoms with E-state index in [0.717, 1.165) is 0 Å². The Kier molecular flexibility index (Phi) is 6.45. The Morgan fingerprint density at radius 1 is 1.03 bits per heavy atom. The Morgan fingerprint density at radius 2 is 1.75 bits per heavy atom.